The van der Waals surface area contributed by atoms with Crippen molar-refractivity contribution in [3.8, 4) is 0 Å². The molecule has 2 N–H and O–H groups in total. The monoisotopic (exact) mass is 372 g/mol. The van der Waals surface area contributed by atoms with E-state index in [1.54, 1.807) is 0 Å². The largest absolute Gasteiger partial charge is 0.383 e. The second kappa shape index (κ2) is 9.46. The number of hydrogen-bond acceptors (Lipinski definition) is 3. The van der Waals surface area contributed by atoms with Gasteiger partial charge in [0.15, 0.2) is 0 Å². The van der Waals surface area contributed by atoms with Gasteiger partial charge in [-0.3, -0.25) is 4.90 Å². The molecule has 0 unspecified atom stereocenters. The summed E-state index contributed by atoms with van der Waals surface area (Å²) in [5.74, 6) is 0. The van der Waals surface area contributed by atoms with Crippen molar-refractivity contribution in [2.45, 2.75) is 6.54 Å². The van der Waals surface area contributed by atoms with Gasteiger partial charge in [-0.25, -0.2) is 4.79 Å². The molecule has 0 bridgehead atoms. The van der Waals surface area contributed by atoms with Crippen LogP contribution < -0.4 is 10.6 Å². The van der Waals surface area contributed by atoms with Crippen LogP contribution in [0, 0.1) is 0 Å². The summed E-state index contributed by atoms with van der Waals surface area (Å²) >= 11 is 5.93. The molecule has 138 valence electrons. The number of amides is 2. The zero-order valence-corrected chi connectivity index (χ0v) is 15.6. The van der Waals surface area contributed by atoms with E-state index in [-0.39, 0.29) is 6.03 Å². The fourth-order valence-corrected chi connectivity index (χ4v) is 3.13. The second-order valence-electron chi connectivity index (χ2n) is 6.41. The first-order valence-electron chi connectivity index (χ1n) is 8.99. The minimum absolute atomic E-state index is 0.0194. The Kier molecular flexibility index (Phi) is 6.75. The highest BCUT2D eigenvalue weighted by Crippen LogP contribution is 2.13. The van der Waals surface area contributed by atoms with Crippen LogP contribution in [-0.4, -0.2) is 55.1 Å². The molecule has 0 aromatic heterocycles. The van der Waals surface area contributed by atoms with Crippen LogP contribution in [0.1, 0.15) is 5.56 Å². The molecule has 1 aliphatic rings. The Hall–Kier alpha value is -2.24. The molecule has 5 nitrogen and oxygen atoms in total. The normalized spacial score (nSPS) is 14.9. The van der Waals surface area contributed by atoms with Crippen LogP contribution in [0.15, 0.2) is 54.6 Å². The third-order valence-corrected chi connectivity index (χ3v) is 4.74. The van der Waals surface area contributed by atoms with Crippen molar-refractivity contribution in [2.24, 2.45) is 0 Å². The van der Waals surface area contributed by atoms with Crippen molar-refractivity contribution in [2.75, 3.05) is 44.6 Å². The Morgan fingerprint density at radius 2 is 1.62 bits per heavy atom. The molecule has 0 spiro atoms. The van der Waals surface area contributed by atoms with Gasteiger partial charge in [-0.2, -0.15) is 0 Å². The molecule has 1 aliphatic heterocycles. The first-order valence-corrected chi connectivity index (χ1v) is 9.37. The number of benzene rings is 2. The SMILES string of the molecule is O=C(NCCNc1ccccc1)N1CCN(Cc2ccc(Cl)cc2)CC1. The van der Waals surface area contributed by atoms with Gasteiger partial charge in [-0.05, 0) is 29.8 Å². The lowest BCUT2D eigenvalue weighted by Gasteiger charge is -2.34. The molecule has 2 aromatic carbocycles. The van der Waals surface area contributed by atoms with Gasteiger partial charge in [-0.15, -0.1) is 0 Å². The molecule has 1 saturated heterocycles. The van der Waals surface area contributed by atoms with Gasteiger partial charge < -0.3 is 15.5 Å². The lowest BCUT2D eigenvalue weighted by molar-refractivity contribution is 0.135. The molecule has 0 aliphatic carbocycles. The quantitative estimate of drug-likeness (QED) is 0.765. The average Bonchev–Trinajstić information content (AvgIpc) is 2.68. The number of carbonyl (C=O) groups is 1. The number of para-hydroxylation sites is 1. The summed E-state index contributed by atoms with van der Waals surface area (Å²) in [6.45, 7) is 5.51. The van der Waals surface area contributed by atoms with E-state index < -0.39 is 0 Å². The number of carbonyl (C=O) groups excluding carboxylic acids is 1. The molecule has 0 atom stereocenters. The average molecular weight is 373 g/mol. The van der Waals surface area contributed by atoms with E-state index in [0.29, 0.717) is 13.1 Å². The Bertz CT molecular complexity index is 685. The third kappa shape index (κ3) is 5.64. The Morgan fingerprint density at radius 1 is 0.923 bits per heavy atom. The predicted octanol–water partition coefficient (Wildman–Crippen LogP) is 3.28. The van der Waals surface area contributed by atoms with Gasteiger partial charge >= 0.3 is 6.03 Å². The number of nitrogens with one attached hydrogen (secondary N) is 2. The molecule has 2 amide bonds. The highest BCUT2D eigenvalue weighted by molar-refractivity contribution is 6.30. The fourth-order valence-electron chi connectivity index (χ4n) is 3.00. The van der Waals surface area contributed by atoms with Gasteiger partial charge in [0, 0.05) is 56.5 Å². The zero-order valence-electron chi connectivity index (χ0n) is 14.8. The van der Waals surface area contributed by atoms with Crippen molar-refractivity contribution in [1.29, 1.82) is 0 Å². The van der Waals surface area contributed by atoms with Crippen LogP contribution in [0.3, 0.4) is 0 Å². The van der Waals surface area contributed by atoms with E-state index in [1.165, 1.54) is 5.56 Å². The Balaban J connectivity index is 1.33. The first-order chi connectivity index (χ1) is 12.7. The topological polar surface area (TPSA) is 47.6 Å². The number of piperazine rings is 1. The fraction of sp³-hybridized carbons (Fsp3) is 0.350. The number of halogens is 1. The minimum atomic E-state index is 0.0194. The standard InChI is InChI=1S/C20H25ClN4O/c21-18-8-6-17(7-9-18)16-24-12-14-25(15-13-24)20(26)23-11-10-22-19-4-2-1-3-5-19/h1-9,22H,10-16H2,(H,23,26). The van der Waals surface area contributed by atoms with Gasteiger partial charge in [-0.1, -0.05) is 41.9 Å². The van der Waals surface area contributed by atoms with E-state index in [0.717, 1.165) is 43.4 Å². The number of rotatable bonds is 6. The molecule has 1 heterocycles. The summed E-state index contributed by atoms with van der Waals surface area (Å²) in [7, 11) is 0. The first kappa shape index (κ1) is 18.5. The summed E-state index contributed by atoms with van der Waals surface area (Å²) < 4.78 is 0. The maximum absolute atomic E-state index is 12.3. The second-order valence-corrected chi connectivity index (χ2v) is 6.85. The summed E-state index contributed by atoms with van der Waals surface area (Å²) in [6, 6.07) is 18.0. The molecule has 1 fully saturated rings. The van der Waals surface area contributed by atoms with Gasteiger partial charge in [0.05, 0.1) is 0 Å². The maximum Gasteiger partial charge on any atom is 0.317 e. The van der Waals surface area contributed by atoms with Crippen molar-refractivity contribution >= 4 is 23.3 Å². The van der Waals surface area contributed by atoms with Crippen LogP contribution in [0.2, 0.25) is 5.02 Å². The lowest BCUT2D eigenvalue weighted by atomic mass is 10.2. The molecule has 6 heteroatoms. The zero-order chi connectivity index (χ0) is 18.2. The third-order valence-electron chi connectivity index (χ3n) is 4.48. The Labute approximate surface area is 159 Å². The summed E-state index contributed by atoms with van der Waals surface area (Å²) in [4.78, 5) is 16.5. The van der Waals surface area contributed by atoms with E-state index in [9.17, 15) is 4.79 Å². The summed E-state index contributed by atoms with van der Waals surface area (Å²) in [5.41, 5.74) is 2.32. The highest BCUT2D eigenvalue weighted by Gasteiger charge is 2.20. The lowest BCUT2D eigenvalue weighted by Crippen LogP contribution is -2.51. The molecular weight excluding hydrogens is 348 g/mol. The van der Waals surface area contributed by atoms with Crippen LogP contribution in [0.4, 0.5) is 10.5 Å². The van der Waals surface area contributed by atoms with Crippen LogP contribution >= 0.6 is 11.6 Å². The molecule has 3 rings (SSSR count). The van der Waals surface area contributed by atoms with E-state index in [1.807, 2.05) is 47.4 Å². The van der Waals surface area contributed by atoms with Crippen LogP contribution in [0.5, 0.6) is 0 Å². The van der Waals surface area contributed by atoms with Crippen molar-refractivity contribution in [1.82, 2.24) is 15.1 Å². The van der Waals surface area contributed by atoms with Gasteiger partial charge in [0.1, 0.15) is 0 Å². The minimum Gasteiger partial charge on any atom is -0.383 e. The Morgan fingerprint density at radius 3 is 2.31 bits per heavy atom. The molecule has 0 radical (unpaired) electrons. The molecule has 2 aromatic rings. The van der Waals surface area contributed by atoms with Gasteiger partial charge in [0.2, 0.25) is 0 Å². The van der Waals surface area contributed by atoms with E-state index >= 15 is 0 Å². The predicted molar refractivity (Wildman–Crippen MR) is 107 cm³/mol. The molecule has 0 saturated carbocycles. The van der Waals surface area contributed by atoms with Crippen LogP contribution in [0.25, 0.3) is 0 Å². The number of urea groups is 1. The van der Waals surface area contributed by atoms with Gasteiger partial charge in [0.25, 0.3) is 0 Å². The number of nitrogens with zero attached hydrogens (tertiary/aromatic N) is 2. The maximum atomic E-state index is 12.3. The van der Waals surface area contributed by atoms with Crippen LogP contribution in [-0.2, 0) is 6.54 Å². The van der Waals surface area contributed by atoms with E-state index in [2.05, 4.69) is 27.7 Å². The molecular formula is C20H25ClN4O. The highest BCUT2D eigenvalue weighted by atomic mass is 35.5. The summed E-state index contributed by atoms with van der Waals surface area (Å²) in [6.07, 6.45) is 0. The number of hydrogen-bond donors (Lipinski definition) is 2. The van der Waals surface area contributed by atoms with E-state index in [4.69, 9.17) is 11.6 Å². The number of anilines is 1. The smallest absolute Gasteiger partial charge is 0.317 e. The van der Waals surface area contributed by atoms with Crippen molar-refractivity contribution in [3.05, 3.63) is 65.2 Å². The van der Waals surface area contributed by atoms with Crippen molar-refractivity contribution in [3.63, 3.8) is 0 Å². The molecule has 26 heavy (non-hydrogen) atoms. The van der Waals surface area contributed by atoms with Crippen molar-refractivity contribution < 1.29 is 4.79 Å². The summed E-state index contributed by atoms with van der Waals surface area (Å²) in [5, 5.41) is 7.04.